The van der Waals surface area contributed by atoms with Crippen molar-refractivity contribution >= 4 is 15.9 Å². The molecule has 1 N–H and O–H groups in total. The van der Waals surface area contributed by atoms with Crippen molar-refractivity contribution in [3.8, 4) is 0 Å². The number of hydrogen-bond acceptors (Lipinski definition) is 5. The molecule has 0 bridgehead atoms. The molecule has 28 heavy (non-hydrogen) atoms. The Morgan fingerprint density at radius 2 is 1.96 bits per heavy atom. The normalized spacial score (nSPS) is 22.8. The molecule has 1 aromatic carbocycles. The van der Waals surface area contributed by atoms with Crippen LogP contribution in [0.4, 0.5) is 0 Å². The molecule has 0 unspecified atom stereocenters. The van der Waals surface area contributed by atoms with Gasteiger partial charge < -0.3 is 9.88 Å². The summed E-state index contributed by atoms with van der Waals surface area (Å²) in [6.07, 6.45) is 3.43. The van der Waals surface area contributed by atoms with E-state index in [9.17, 15) is 13.2 Å². The van der Waals surface area contributed by atoms with Crippen molar-refractivity contribution in [3.63, 3.8) is 0 Å². The highest BCUT2D eigenvalue weighted by molar-refractivity contribution is 7.88. The molecule has 0 saturated carbocycles. The minimum absolute atomic E-state index is 0.0297. The number of amides is 1. The van der Waals surface area contributed by atoms with Crippen molar-refractivity contribution in [2.24, 2.45) is 5.92 Å². The highest BCUT2D eigenvalue weighted by atomic mass is 32.2. The van der Waals surface area contributed by atoms with Gasteiger partial charge in [-0.2, -0.15) is 0 Å². The molecule has 1 fully saturated rings. The number of fused-ring (bicyclic) bond motifs is 1. The molecule has 0 aliphatic carbocycles. The number of nitrogens with zero attached hydrogens (tertiary/aromatic N) is 4. The Morgan fingerprint density at radius 3 is 2.68 bits per heavy atom. The molecule has 2 aromatic rings. The summed E-state index contributed by atoms with van der Waals surface area (Å²) in [7, 11) is -3.19. The number of aromatic nitrogens is 3. The molecule has 9 heteroatoms. The first kappa shape index (κ1) is 19.1. The fourth-order valence-electron chi connectivity index (χ4n) is 4.03. The fraction of sp³-hybridized carbons (Fsp3) is 0.526. The van der Waals surface area contributed by atoms with Gasteiger partial charge >= 0.3 is 0 Å². The molecule has 0 radical (unpaired) electrons. The number of carbonyl (C=O) groups is 1. The minimum Gasteiger partial charge on any atom is -0.352 e. The smallest absolute Gasteiger partial charge is 0.225 e. The van der Waals surface area contributed by atoms with Crippen molar-refractivity contribution in [2.75, 3.05) is 19.3 Å². The summed E-state index contributed by atoms with van der Waals surface area (Å²) in [6, 6.07) is 9.85. The van der Waals surface area contributed by atoms with E-state index in [0.29, 0.717) is 32.6 Å². The van der Waals surface area contributed by atoms with E-state index in [4.69, 9.17) is 0 Å². The lowest BCUT2D eigenvalue weighted by molar-refractivity contribution is -0.126. The van der Waals surface area contributed by atoms with Crippen LogP contribution in [0.1, 0.15) is 36.0 Å². The average molecular weight is 404 g/mol. The van der Waals surface area contributed by atoms with Crippen LogP contribution < -0.4 is 5.32 Å². The third-order valence-corrected chi connectivity index (χ3v) is 6.91. The molecule has 4 rings (SSSR count). The van der Waals surface area contributed by atoms with Crippen molar-refractivity contribution in [1.82, 2.24) is 24.4 Å². The maximum atomic E-state index is 12.7. The van der Waals surface area contributed by atoms with Crippen LogP contribution >= 0.6 is 0 Å². The van der Waals surface area contributed by atoms with Crippen LogP contribution in [0.5, 0.6) is 0 Å². The average Bonchev–Trinajstić information content (AvgIpc) is 3.33. The lowest BCUT2D eigenvalue weighted by Gasteiger charge is -2.25. The Bertz CT molecular complexity index is 957. The second kappa shape index (κ2) is 7.63. The maximum absolute atomic E-state index is 12.7. The van der Waals surface area contributed by atoms with E-state index in [-0.39, 0.29) is 17.7 Å². The van der Waals surface area contributed by atoms with Gasteiger partial charge in [0.15, 0.2) is 0 Å². The summed E-state index contributed by atoms with van der Waals surface area (Å²) < 4.78 is 27.1. The predicted octanol–water partition coefficient (Wildman–Crippen LogP) is 0.906. The van der Waals surface area contributed by atoms with E-state index >= 15 is 0 Å². The first-order valence-corrected chi connectivity index (χ1v) is 11.5. The Kier molecular flexibility index (Phi) is 5.20. The van der Waals surface area contributed by atoms with Crippen LogP contribution in [0, 0.1) is 5.92 Å². The molecule has 1 aromatic heterocycles. The molecule has 0 spiro atoms. The van der Waals surface area contributed by atoms with E-state index in [1.807, 2.05) is 34.9 Å². The maximum Gasteiger partial charge on any atom is 0.225 e. The molecule has 150 valence electrons. The molecular weight excluding hydrogens is 378 g/mol. The zero-order valence-electron chi connectivity index (χ0n) is 15.9. The number of aryl methyl sites for hydroxylation is 1. The van der Waals surface area contributed by atoms with E-state index in [1.165, 1.54) is 10.6 Å². The highest BCUT2D eigenvalue weighted by Crippen LogP contribution is 2.30. The fourth-order valence-corrected chi connectivity index (χ4v) is 4.92. The third-order valence-electron chi connectivity index (χ3n) is 5.64. The third kappa shape index (κ3) is 3.95. The number of hydrogen-bond donors (Lipinski definition) is 1. The summed E-state index contributed by atoms with van der Waals surface area (Å²) in [4.78, 5) is 12.7. The second-order valence-electron chi connectivity index (χ2n) is 7.63. The monoisotopic (exact) mass is 403 g/mol. The Hall–Kier alpha value is -2.26. The van der Waals surface area contributed by atoms with Crippen LogP contribution in [-0.2, 0) is 34.3 Å². The molecule has 2 aliphatic rings. The molecule has 2 atom stereocenters. The lowest BCUT2D eigenvalue weighted by atomic mass is 9.97. The number of nitrogens with one attached hydrogen (secondary N) is 1. The quantitative estimate of drug-likeness (QED) is 0.800. The number of sulfonamides is 1. The molecule has 2 aliphatic heterocycles. The standard InChI is InChI=1S/C19H25N5O3S/c1-28(26,27)23-10-9-15(12-23)18-22-21-17-8-7-16(13-24(17)18)19(25)20-11-14-5-3-2-4-6-14/h2-6,15-16H,7-13H2,1H3,(H,20,25)/t15-,16-/m0/s1. The van der Waals surface area contributed by atoms with Crippen LogP contribution in [0.2, 0.25) is 0 Å². The molecule has 1 amide bonds. The van der Waals surface area contributed by atoms with Gasteiger partial charge in [0.1, 0.15) is 11.6 Å². The zero-order chi connectivity index (χ0) is 19.7. The first-order valence-electron chi connectivity index (χ1n) is 9.60. The zero-order valence-corrected chi connectivity index (χ0v) is 16.7. The van der Waals surface area contributed by atoms with Gasteiger partial charge in [-0.3, -0.25) is 4.79 Å². The second-order valence-corrected chi connectivity index (χ2v) is 9.61. The van der Waals surface area contributed by atoms with Gasteiger partial charge in [-0.25, -0.2) is 12.7 Å². The largest absolute Gasteiger partial charge is 0.352 e. The van der Waals surface area contributed by atoms with Gasteiger partial charge in [0.2, 0.25) is 15.9 Å². The van der Waals surface area contributed by atoms with Gasteiger partial charge in [-0.05, 0) is 18.4 Å². The topological polar surface area (TPSA) is 97.2 Å². The number of carbonyl (C=O) groups excluding carboxylic acids is 1. The van der Waals surface area contributed by atoms with Gasteiger partial charge in [0.25, 0.3) is 0 Å². The van der Waals surface area contributed by atoms with Crippen LogP contribution in [0.25, 0.3) is 0 Å². The first-order chi connectivity index (χ1) is 13.4. The van der Waals surface area contributed by atoms with Crippen LogP contribution in [0.15, 0.2) is 30.3 Å². The Labute approximate surface area is 165 Å². The van der Waals surface area contributed by atoms with Gasteiger partial charge in [0.05, 0.1) is 12.2 Å². The number of benzene rings is 1. The summed E-state index contributed by atoms with van der Waals surface area (Å²) >= 11 is 0. The predicted molar refractivity (Wildman–Crippen MR) is 104 cm³/mol. The molecule has 8 nitrogen and oxygen atoms in total. The Balaban J connectivity index is 1.42. The van der Waals surface area contributed by atoms with Gasteiger partial charge in [-0.1, -0.05) is 30.3 Å². The summed E-state index contributed by atoms with van der Waals surface area (Å²) in [5.74, 6) is 1.64. The molecule has 1 saturated heterocycles. The summed E-state index contributed by atoms with van der Waals surface area (Å²) in [5, 5.41) is 11.7. The highest BCUT2D eigenvalue weighted by Gasteiger charge is 2.35. The number of rotatable bonds is 5. The lowest BCUT2D eigenvalue weighted by Crippen LogP contribution is -2.36. The van der Waals surface area contributed by atoms with E-state index in [1.54, 1.807) is 0 Å². The SMILES string of the molecule is CS(=O)(=O)N1CC[C@H](c2nnc3n2C[C@@H](C(=O)NCc2ccccc2)CC3)C1. The minimum atomic E-state index is -3.19. The van der Waals surface area contributed by atoms with E-state index in [0.717, 1.165) is 30.1 Å². The van der Waals surface area contributed by atoms with Crippen LogP contribution in [-0.4, -0.2) is 52.7 Å². The van der Waals surface area contributed by atoms with Crippen molar-refractivity contribution < 1.29 is 13.2 Å². The molecule has 3 heterocycles. The van der Waals surface area contributed by atoms with Crippen LogP contribution in [0.3, 0.4) is 0 Å². The van der Waals surface area contributed by atoms with E-state index in [2.05, 4.69) is 15.5 Å². The molecular formula is C19H25N5O3S. The van der Waals surface area contributed by atoms with Crippen molar-refractivity contribution in [1.29, 1.82) is 0 Å². The van der Waals surface area contributed by atoms with Gasteiger partial charge in [0, 0.05) is 38.5 Å². The Morgan fingerprint density at radius 1 is 1.18 bits per heavy atom. The van der Waals surface area contributed by atoms with Crippen molar-refractivity contribution in [3.05, 3.63) is 47.5 Å². The van der Waals surface area contributed by atoms with Crippen molar-refractivity contribution in [2.45, 2.75) is 38.3 Å². The summed E-state index contributed by atoms with van der Waals surface area (Å²) in [5.41, 5.74) is 1.07. The van der Waals surface area contributed by atoms with Gasteiger partial charge in [-0.15, -0.1) is 10.2 Å². The summed E-state index contributed by atoms with van der Waals surface area (Å²) in [6.45, 7) is 2.01. The van der Waals surface area contributed by atoms with E-state index < -0.39 is 10.0 Å².